The van der Waals surface area contributed by atoms with Crippen LogP contribution in [0.3, 0.4) is 0 Å². The lowest BCUT2D eigenvalue weighted by molar-refractivity contribution is 0.930. The van der Waals surface area contributed by atoms with E-state index < -0.39 is 0 Å². The molecule has 2 aromatic rings. The van der Waals surface area contributed by atoms with Gasteiger partial charge in [-0.2, -0.15) is 0 Å². The highest BCUT2D eigenvalue weighted by Gasteiger charge is 2.11. The molecule has 0 amide bonds. The molecular formula is C14H18N4. The first-order valence-electron chi connectivity index (χ1n) is 6.28. The van der Waals surface area contributed by atoms with Gasteiger partial charge in [0.05, 0.1) is 5.69 Å². The van der Waals surface area contributed by atoms with E-state index in [1.54, 1.807) is 12.4 Å². The van der Waals surface area contributed by atoms with Crippen molar-refractivity contribution in [2.45, 2.75) is 27.2 Å². The van der Waals surface area contributed by atoms with Crippen LogP contribution in [0.5, 0.6) is 0 Å². The largest absolute Gasteiger partial charge is 0.370 e. The molecule has 0 saturated heterocycles. The molecule has 94 valence electrons. The Hall–Kier alpha value is -1.97. The molecule has 2 heterocycles. The summed E-state index contributed by atoms with van der Waals surface area (Å²) in [6, 6.07) is 3.95. The molecule has 0 atom stereocenters. The van der Waals surface area contributed by atoms with E-state index in [1.807, 2.05) is 19.1 Å². The van der Waals surface area contributed by atoms with Gasteiger partial charge in [-0.05, 0) is 26.0 Å². The average Bonchev–Trinajstić information content (AvgIpc) is 2.42. The first-order chi connectivity index (χ1) is 8.76. The highest BCUT2D eigenvalue weighted by atomic mass is 15.0. The fourth-order valence-electron chi connectivity index (χ4n) is 1.85. The molecule has 0 unspecified atom stereocenters. The van der Waals surface area contributed by atoms with Gasteiger partial charge < -0.3 is 5.32 Å². The van der Waals surface area contributed by atoms with Crippen LogP contribution in [0, 0.1) is 6.92 Å². The molecule has 0 aliphatic carbocycles. The summed E-state index contributed by atoms with van der Waals surface area (Å²) in [6.07, 6.45) is 4.40. The maximum atomic E-state index is 4.63. The third kappa shape index (κ3) is 2.47. The van der Waals surface area contributed by atoms with Gasteiger partial charge in [-0.3, -0.25) is 4.98 Å². The lowest BCUT2D eigenvalue weighted by atomic mass is 10.1. The van der Waals surface area contributed by atoms with Crippen molar-refractivity contribution in [1.29, 1.82) is 0 Å². The van der Waals surface area contributed by atoms with Crippen LogP contribution in [0.2, 0.25) is 0 Å². The fraction of sp³-hybridized carbons (Fsp3) is 0.357. The van der Waals surface area contributed by atoms with Crippen molar-refractivity contribution in [3.8, 4) is 11.3 Å². The van der Waals surface area contributed by atoms with Crippen molar-refractivity contribution < 1.29 is 0 Å². The number of hydrogen-bond acceptors (Lipinski definition) is 4. The first kappa shape index (κ1) is 12.5. The Labute approximate surface area is 108 Å². The first-order valence-corrected chi connectivity index (χ1v) is 6.28. The van der Waals surface area contributed by atoms with Crippen molar-refractivity contribution in [1.82, 2.24) is 15.0 Å². The smallest absolute Gasteiger partial charge is 0.133 e. The van der Waals surface area contributed by atoms with Crippen LogP contribution in [-0.4, -0.2) is 21.5 Å². The maximum Gasteiger partial charge on any atom is 0.133 e. The minimum Gasteiger partial charge on any atom is -0.370 e. The molecule has 0 radical (unpaired) electrons. The van der Waals surface area contributed by atoms with Crippen LogP contribution in [0.15, 0.2) is 24.5 Å². The Morgan fingerprint density at radius 1 is 1.11 bits per heavy atom. The maximum absolute atomic E-state index is 4.63. The predicted octanol–water partition coefficient (Wildman–Crippen LogP) is 2.84. The molecule has 4 nitrogen and oxygen atoms in total. The van der Waals surface area contributed by atoms with Crippen LogP contribution >= 0.6 is 0 Å². The van der Waals surface area contributed by atoms with E-state index >= 15 is 0 Å². The number of aromatic nitrogens is 3. The summed E-state index contributed by atoms with van der Waals surface area (Å²) in [5, 5.41) is 3.29. The quantitative estimate of drug-likeness (QED) is 0.895. The normalized spacial score (nSPS) is 10.4. The van der Waals surface area contributed by atoms with Crippen LogP contribution in [0.1, 0.15) is 25.2 Å². The fourth-order valence-corrected chi connectivity index (χ4v) is 1.85. The number of pyridine rings is 1. The summed E-state index contributed by atoms with van der Waals surface area (Å²) in [6.45, 7) is 7.04. The molecule has 0 saturated carbocycles. The van der Waals surface area contributed by atoms with Crippen molar-refractivity contribution in [3.63, 3.8) is 0 Å². The van der Waals surface area contributed by atoms with Crippen molar-refractivity contribution >= 4 is 5.82 Å². The summed E-state index contributed by atoms with van der Waals surface area (Å²) in [5.41, 5.74) is 3.15. The summed E-state index contributed by atoms with van der Waals surface area (Å²) >= 11 is 0. The van der Waals surface area contributed by atoms with E-state index in [0.29, 0.717) is 0 Å². The zero-order valence-electron chi connectivity index (χ0n) is 11.1. The standard InChI is InChI=1S/C14H18N4/c1-4-12-17-13(11-6-8-15-9-7-11)10(3)14(18-12)16-5-2/h6-9H,4-5H2,1-3H3,(H,16,17,18). The van der Waals surface area contributed by atoms with Crippen molar-refractivity contribution in [2.24, 2.45) is 0 Å². The summed E-state index contributed by atoms with van der Waals surface area (Å²) < 4.78 is 0. The Kier molecular flexibility index (Phi) is 3.87. The van der Waals surface area contributed by atoms with E-state index in [0.717, 1.165) is 41.4 Å². The van der Waals surface area contributed by atoms with Gasteiger partial charge in [0.25, 0.3) is 0 Å². The SMILES string of the molecule is CCNc1nc(CC)nc(-c2ccncc2)c1C. The monoisotopic (exact) mass is 242 g/mol. The average molecular weight is 242 g/mol. The Morgan fingerprint density at radius 3 is 2.44 bits per heavy atom. The second-order valence-electron chi connectivity index (χ2n) is 4.08. The van der Waals surface area contributed by atoms with Crippen LogP contribution in [0.4, 0.5) is 5.82 Å². The van der Waals surface area contributed by atoms with Crippen molar-refractivity contribution in [3.05, 3.63) is 35.9 Å². The van der Waals surface area contributed by atoms with E-state index in [4.69, 9.17) is 0 Å². The second kappa shape index (κ2) is 5.58. The number of nitrogens with zero attached hydrogens (tertiary/aromatic N) is 3. The molecule has 2 rings (SSSR count). The highest BCUT2D eigenvalue weighted by Crippen LogP contribution is 2.25. The van der Waals surface area contributed by atoms with E-state index in [9.17, 15) is 0 Å². The minimum absolute atomic E-state index is 0.830. The molecule has 18 heavy (non-hydrogen) atoms. The van der Waals surface area contributed by atoms with E-state index in [2.05, 4.69) is 34.1 Å². The zero-order valence-corrected chi connectivity index (χ0v) is 11.1. The number of nitrogens with one attached hydrogen (secondary N) is 1. The van der Waals surface area contributed by atoms with Crippen LogP contribution in [-0.2, 0) is 6.42 Å². The Bertz CT molecular complexity index is 523. The topological polar surface area (TPSA) is 50.7 Å². The number of hydrogen-bond donors (Lipinski definition) is 1. The summed E-state index contributed by atoms with van der Waals surface area (Å²) in [7, 11) is 0. The molecule has 0 spiro atoms. The van der Waals surface area contributed by atoms with Gasteiger partial charge in [0, 0.05) is 36.5 Å². The molecule has 1 N–H and O–H groups in total. The van der Waals surface area contributed by atoms with Gasteiger partial charge in [-0.1, -0.05) is 6.92 Å². The molecule has 2 aromatic heterocycles. The summed E-state index contributed by atoms with van der Waals surface area (Å²) in [4.78, 5) is 13.2. The Balaban J connectivity index is 2.55. The number of aryl methyl sites for hydroxylation is 1. The molecule has 4 heteroatoms. The van der Waals surface area contributed by atoms with Gasteiger partial charge in [-0.25, -0.2) is 9.97 Å². The van der Waals surface area contributed by atoms with Gasteiger partial charge in [0.15, 0.2) is 0 Å². The predicted molar refractivity (Wildman–Crippen MR) is 73.5 cm³/mol. The molecule has 0 aromatic carbocycles. The lowest BCUT2D eigenvalue weighted by Crippen LogP contribution is -2.07. The second-order valence-corrected chi connectivity index (χ2v) is 4.08. The number of rotatable bonds is 4. The van der Waals surface area contributed by atoms with Gasteiger partial charge in [-0.15, -0.1) is 0 Å². The zero-order chi connectivity index (χ0) is 13.0. The molecule has 0 aliphatic rings. The molecule has 0 aliphatic heterocycles. The minimum atomic E-state index is 0.830. The third-order valence-corrected chi connectivity index (χ3v) is 2.81. The lowest BCUT2D eigenvalue weighted by Gasteiger charge is -2.12. The van der Waals surface area contributed by atoms with E-state index in [1.165, 1.54) is 0 Å². The molecule has 0 bridgehead atoms. The molecular weight excluding hydrogens is 224 g/mol. The van der Waals surface area contributed by atoms with Crippen LogP contribution < -0.4 is 5.32 Å². The van der Waals surface area contributed by atoms with Crippen molar-refractivity contribution in [2.75, 3.05) is 11.9 Å². The molecule has 0 fully saturated rings. The van der Waals surface area contributed by atoms with Gasteiger partial charge in [0.2, 0.25) is 0 Å². The third-order valence-electron chi connectivity index (χ3n) is 2.81. The summed E-state index contributed by atoms with van der Waals surface area (Å²) in [5.74, 6) is 1.79. The van der Waals surface area contributed by atoms with Gasteiger partial charge >= 0.3 is 0 Å². The highest BCUT2D eigenvalue weighted by molar-refractivity contribution is 5.67. The van der Waals surface area contributed by atoms with Gasteiger partial charge in [0.1, 0.15) is 11.6 Å². The Morgan fingerprint density at radius 2 is 1.83 bits per heavy atom. The number of anilines is 1. The van der Waals surface area contributed by atoms with E-state index in [-0.39, 0.29) is 0 Å². The van der Waals surface area contributed by atoms with Crippen LogP contribution in [0.25, 0.3) is 11.3 Å².